The summed E-state index contributed by atoms with van der Waals surface area (Å²) in [5.74, 6) is 0.233. The minimum absolute atomic E-state index is 0.315. The number of allylic oxidation sites excluding steroid dienone is 3. The lowest BCUT2D eigenvalue weighted by atomic mass is 10.1. The zero-order valence-corrected chi connectivity index (χ0v) is 15.1. The van der Waals surface area contributed by atoms with Crippen molar-refractivity contribution in [2.45, 2.75) is 0 Å². The van der Waals surface area contributed by atoms with Crippen LogP contribution in [-0.2, 0) is 9.59 Å². The van der Waals surface area contributed by atoms with Gasteiger partial charge in [0.25, 0.3) is 0 Å². The van der Waals surface area contributed by atoms with Crippen LogP contribution in [0.1, 0.15) is 11.1 Å². The summed E-state index contributed by atoms with van der Waals surface area (Å²) in [5.41, 5.74) is 1.22. The molecule has 27 heavy (non-hydrogen) atoms. The monoisotopic (exact) mass is 364 g/mol. The summed E-state index contributed by atoms with van der Waals surface area (Å²) < 4.78 is 10.1. The molecule has 2 rings (SSSR count). The van der Waals surface area contributed by atoms with Crippen molar-refractivity contribution in [2.75, 3.05) is 14.2 Å². The molecule has 1 N–H and O–H groups in total. The topological polar surface area (TPSA) is 72.8 Å². The number of ether oxygens (including phenoxy) is 2. The molecule has 0 fully saturated rings. The van der Waals surface area contributed by atoms with E-state index in [-0.39, 0.29) is 5.57 Å². The van der Waals surface area contributed by atoms with Gasteiger partial charge in [0, 0.05) is 0 Å². The minimum atomic E-state index is -0.585. The van der Waals surface area contributed by atoms with Gasteiger partial charge >= 0.3 is 0 Å². The van der Waals surface area contributed by atoms with Crippen molar-refractivity contribution >= 4 is 23.7 Å². The van der Waals surface area contributed by atoms with Crippen molar-refractivity contribution in [3.63, 3.8) is 0 Å². The van der Waals surface area contributed by atoms with E-state index in [1.807, 2.05) is 0 Å². The van der Waals surface area contributed by atoms with Crippen molar-refractivity contribution in [3.05, 3.63) is 83.6 Å². The minimum Gasteiger partial charge on any atom is -0.515 e. The Morgan fingerprint density at radius 2 is 1.11 bits per heavy atom. The number of aliphatic hydroxyl groups is 1. The van der Waals surface area contributed by atoms with Crippen LogP contribution in [0.4, 0.5) is 0 Å². The summed E-state index contributed by atoms with van der Waals surface area (Å²) in [5, 5.41) is 9.29. The second kappa shape index (κ2) is 9.77. The molecule has 0 saturated heterocycles. The zero-order valence-electron chi connectivity index (χ0n) is 15.1. The van der Waals surface area contributed by atoms with Crippen LogP contribution >= 0.6 is 0 Å². The highest BCUT2D eigenvalue weighted by atomic mass is 16.5. The van der Waals surface area contributed by atoms with Crippen molar-refractivity contribution in [1.29, 1.82) is 0 Å². The fourth-order valence-electron chi connectivity index (χ4n) is 2.20. The van der Waals surface area contributed by atoms with E-state index in [1.54, 1.807) is 74.9 Å². The van der Waals surface area contributed by atoms with E-state index in [0.29, 0.717) is 17.8 Å². The number of methoxy groups -OCH3 is 2. The standard InChI is InChI=1S/C22H20O5/c1-26-18-9-3-16(4-10-18)7-13-21(24)20(15-23)22(25)14-8-17-5-11-19(27-2)12-6-17/h3-15,23H,1-2H3/b13-7+,14-8+. The number of aliphatic hydroxyl groups excluding tert-OH is 1. The quantitative estimate of drug-likeness (QED) is 0.332. The van der Waals surface area contributed by atoms with Gasteiger partial charge in [0.15, 0.2) is 11.6 Å². The van der Waals surface area contributed by atoms with Gasteiger partial charge in [-0.1, -0.05) is 36.4 Å². The fourth-order valence-corrected chi connectivity index (χ4v) is 2.20. The molecule has 0 aliphatic heterocycles. The SMILES string of the molecule is COc1ccc(/C=C/C(=O)C(=CO)C(=O)/C=C/c2ccc(OC)cc2)cc1. The molecule has 0 aromatic heterocycles. The van der Waals surface area contributed by atoms with E-state index in [0.717, 1.165) is 11.1 Å². The lowest BCUT2D eigenvalue weighted by Crippen LogP contribution is -2.08. The Morgan fingerprint density at radius 3 is 1.41 bits per heavy atom. The van der Waals surface area contributed by atoms with Gasteiger partial charge < -0.3 is 14.6 Å². The Bertz CT molecular complexity index is 800. The first-order chi connectivity index (χ1) is 13.1. The molecule has 5 heteroatoms. The maximum atomic E-state index is 12.2. The summed E-state index contributed by atoms with van der Waals surface area (Å²) in [6.07, 6.45) is 6.13. The molecule has 138 valence electrons. The third-order valence-electron chi connectivity index (χ3n) is 3.75. The van der Waals surface area contributed by atoms with Crippen LogP contribution in [0.3, 0.4) is 0 Å². The molecule has 0 atom stereocenters. The lowest BCUT2D eigenvalue weighted by Gasteiger charge is -2.00. The van der Waals surface area contributed by atoms with Gasteiger partial charge in [-0.3, -0.25) is 9.59 Å². The van der Waals surface area contributed by atoms with Crippen molar-refractivity contribution < 1.29 is 24.2 Å². The predicted molar refractivity (Wildman–Crippen MR) is 105 cm³/mol. The molecule has 0 aliphatic carbocycles. The van der Waals surface area contributed by atoms with E-state index < -0.39 is 11.6 Å². The number of hydrogen-bond acceptors (Lipinski definition) is 5. The highest BCUT2D eigenvalue weighted by Crippen LogP contribution is 2.14. The molecule has 0 unspecified atom stereocenters. The number of ketones is 2. The van der Waals surface area contributed by atoms with Crippen molar-refractivity contribution in [1.82, 2.24) is 0 Å². The number of benzene rings is 2. The number of rotatable bonds is 8. The van der Waals surface area contributed by atoms with Crippen LogP contribution < -0.4 is 9.47 Å². The largest absolute Gasteiger partial charge is 0.515 e. The van der Waals surface area contributed by atoms with Crippen molar-refractivity contribution in [2.24, 2.45) is 0 Å². The fraction of sp³-hybridized carbons (Fsp3) is 0.0909. The molecule has 0 bridgehead atoms. The average Bonchev–Trinajstić information content (AvgIpc) is 2.72. The first kappa shape index (κ1) is 19.7. The van der Waals surface area contributed by atoms with Crippen LogP contribution in [0.15, 0.2) is 72.5 Å². The van der Waals surface area contributed by atoms with Gasteiger partial charge in [-0.05, 0) is 47.5 Å². The summed E-state index contributed by atoms with van der Waals surface area (Å²) >= 11 is 0. The van der Waals surface area contributed by atoms with Crippen LogP contribution in [0.5, 0.6) is 11.5 Å². The highest BCUT2D eigenvalue weighted by Gasteiger charge is 2.13. The molecule has 0 amide bonds. The zero-order chi connectivity index (χ0) is 19.6. The third kappa shape index (κ3) is 5.71. The summed E-state index contributed by atoms with van der Waals surface area (Å²) in [6, 6.07) is 14.1. The molecule has 0 radical (unpaired) electrons. The maximum absolute atomic E-state index is 12.2. The van der Waals surface area contributed by atoms with Gasteiger partial charge in [-0.2, -0.15) is 0 Å². The number of carbonyl (C=O) groups excluding carboxylic acids is 2. The number of carbonyl (C=O) groups is 2. The molecule has 0 spiro atoms. The van der Waals surface area contributed by atoms with Gasteiger partial charge in [-0.15, -0.1) is 0 Å². The van der Waals surface area contributed by atoms with Gasteiger partial charge in [0.05, 0.1) is 20.5 Å². The van der Waals surface area contributed by atoms with E-state index in [1.165, 1.54) is 12.2 Å². The molecule has 0 aliphatic rings. The summed E-state index contributed by atoms with van der Waals surface area (Å²) in [7, 11) is 3.13. The Hall–Kier alpha value is -3.60. The van der Waals surface area contributed by atoms with Crippen molar-refractivity contribution in [3.8, 4) is 11.5 Å². The Labute approximate surface area is 157 Å². The normalized spacial score (nSPS) is 10.7. The molecule has 0 saturated carbocycles. The molecule has 0 heterocycles. The number of hydrogen-bond donors (Lipinski definition) is 1. The predicted octanol–water partition coefficient (Wildman–Crippen LogP) is 4.01. The molecule has 2 aromatic rings. The smallest absolute Gasteiger partial charge is 0.192 e. The summed E-state index contributed by atoms with van der Waals surface area (Å²) in [4.78, 5) is 24.4. The molecule has 5 nitrogen and oxygen atoms in total. The second-order valence-corrected chi connectivity index (χ2v) is 5.48. The molecular formula is C22H20O5. The van der Waals surface area contributed by atoms with Gasteiger partial charge in [-0.25, -0.2) is 0 Å². The van der Waals surface area contributed by atoms with Crippen LogP contribution in [0, 0.1) is 0 Å². The van der Waals surface area contributed by atoms with E-state index >= 15 is 0 Å². The lowest BCUT2D eigenvalue weighted by molar-refractivity contribution is -0.116. The third-order valence-corrected chi connectivity index (χ3v) is 3.75. The van der Waals surface area contributed by atoms with Crippen LogP contribution in [0.2, 0.25) is 0 Å². The Morgan fingerprint density at radius 1 is 0.741 bits per heavy atom. The summed E-state index contributed by atoms with van der Waals surface area (Å²) in [6.45, 7) is 0. The Balaban J connectivity index is 2.04. The Kier molecular flexibility index (Phi) is 7.14. The van der Waals surface area contributed by atoms with Gasteiger partial charge in [0.1, 0.15) is 17.1 Å². The highest BCUT2D eigenvalue weighted by molar-refractivity contribution is 6.28. The van der Waals surface area contributed by atoms with E-state index in [2.05, 4.69) is 0 Å². The molecule has 2 aromatic carbocycles. The van der Waals surface area contributed by atoms with E-state index in [4.69, 9.17) is 9.47 Å². The van der Waals surface area contributed by atoms with Crippen LogP contribution in [-0.4, -0.2) is 30.9 Å². The average molecular weight is 364 g/mol. The van der Waals surface area contributed by atoms with E-state index in [9.17, 15) is 14.7 Å². The maximum Gasteiger partial charge on any atom is 0.192 e. The second-order valence-electron chi connectivity index (χ2n) is 5.48. The first-order valence-corrected chi connectivity index (χ1v) is 8.14. The first-order valence-electron chi connectivity index (χ1n) is 8.14. The van der Waals surface area contributed by atoms with Gasteiger partial charge in [0.2, 0.25) is 0 Å². The van der Waals surface area contributed by atoms with Crippen LogP contribution in [0.25, 0.3) is 12.2 Å². The molecular weight excluding hydrogens is 344 g/mol.